The van der Waals surface area contributed by atoms with Crippen molar-refractivity contribution in [2.75, 3.05) is 5.88 Å². The van der Waals surface area contributed by atoms with Crippen LogP contribution in [-0.4, -0.2) is 35.8 Å². The van der Waals surface area contributed by atoms with Gasteiger partial charge in [-0.15, -0.1) is 11.6 Å². The van der Waals surface area contributed by atoms with Crippen LogP contribution >= 0.6 is 34.8 Å². The lowest BCUT2D eigenvalue weighted by atomic mass is 10.2. The summed E-state index contributed by atoms with van der Waals surface area (Å²) in [6.45, 7) is 0. The largest absolute Gasteiger partial charge is 0.328 e. The van der Waals surface area contributed by atoms with Crippen LogP contribution in [0.2, 0.25) is 0 Å². The number of non-ortho nitro benzene ring substituents is 1. The van der Waals surface area contributed by atoms with Gasteiger partial charge < -0.3 is 5.32 Å². The van der Waals surface area contributed by atoms with E-state index in [4.69, 9.17) is 34.8 Å². The fourth-order valence-corrected chi connectivity index (χ4v) is 2.19. The number of benzene rings is 1. The van der Waals surface area contributed by atoms with Gasteiger partial charge in [0.15, 0.2) is 10.5 Å². The molecule has 0 saturated heterocycles. The second-order valence-electron chi connectivity index (χ2n) is 4.45. The number of alkyl halides is 3. The van der Waals surface area contributed by atoms with E-state index < -0.39 is 21.3 Å². The Hall–Kier alpha value is -1.90. The maximum absolute atomic E-state index is 12.3. The summed E-state index contributed by atoms with van der Waals surface area (Å²) in [6, 6.07) is 5.07. The van der Waals surface area contributed by atoms with Crippen molar-refractivity contribution in [2.24, 2.45) is 0 Å². The first-order chi connectivity index (χ1) is 10.8. The molecule has 1 unspecified atom stereocenters. The number of carbonyl (C=O) groups is 1. The zero-order valence-electron chi connectivity index (χ0n) is 11.4. The van der Waals surface area contributed by atoms with E-state index in [0.717, 1.165) is 0 Å². The average Bonchev–Trinajstić information content (AvgIpc) is 3.06. The molecular weight excluding hydrogens is 369 g/mol. The van der Waals surface area contributed by atoms with E-state index in [-0.39, 0.29) is 17.1 Å². The maximum atomic E-state index is 12.3. The Morgan fingerprint density at radius 3 is 2.52 bits per heavy atom. The molecule has 2 rings (SSSR count). The highest BCUT2D eigenvalue weighted by Crippen LogP contribution is 2.33. The number of nitro groups is 1. The van der Waals surface area contributed by atoms with E-state index in [9.17, 15) is 14.9 Å². The number of hydrogen-bond donors (Lipinski definition) is 1. The Bertz CT molecular complexity index is 690. The average molecular weight is 379 g/mol. The standard InChI is InChI=1S/C12H10Cl3N5O3/c13-5-12(14,15)11(19-7-16-6-17-19)18-10(21)8-1-3-9(4-2-8)20(22)23/h1-4,6-7,11H,5H2,(H,18,21). The van der Waals surface area contributed by atoms with Gasteiger partial charge in [-0.1, -0.05) is 23.2 Å². The molecule has 0 bridgehead atoms. The highest BCUT2D eigenvalue weighted by atomic mass is 35.5. The minimum absolute atomic E-state index is 0.126. The van der Waals surface area contributed by atoms with E-state index in [1.807, 2.05) is 0 Å². The molecule has 0 spiro atoms. The van der Waals surface area contributed by atoms with Gasteiger partial charge in [-0.3, -0.25) is 14.9 Å². The van der Waals surface area contributed by atoms with Gasteiger partial charge in [-0.25, -0.2) is 9.67 Å². The molecule has 1 aromatic heterocycles. The van der Waals surface area contributed by atoms with Gasteiger partial charge >= 0.3 is 0 Å². The SMILES string of the molecule is O=C(NC(n1cncn1)C(Cl)(Cl)CCl)c1ccc([N+](=O)[O-])cc1. The van der Waals surface area contributed by atoms with Crippen LogP contribution < -0.4 is 5.32 Å². The first-order valence-electron chi connectivity index (χ1n) is 6.18. The Kier molecular flexibility index (Phi) is 5.40. The normalized spacial score (nSPS) is 12.7. The summed E-state index contributed by atoms with van der Waals surface area (Å²) in [5, 5.41) is 17.1. The van der Waals surface area contributed by atoms with Gasteiger partial charge in [0.1, 0.15) is 12.7 Å². The molecule has 0 aliphatic rings. The Balaban J connectivity index is 2.22. The van der Waals surface area contributed by atoms with Gasteiger partial charge in [0.2, 0.25) is 0 Å². The smallest absolute Gasteiger partial charge is 0.269 e. The number of nitrogens with zero attached hydrogens (tertiary/aromatic N) is 4. The van der Waals surface area contributed by atoms with Gasteiger partial charge in [0.25, 0.3) is 11.6 Å². The van der Waals surface area contributed by atoms with Crippen molar-refractivity contribution in [2.45, 2.75) is 10.5 Å². The third-order valence-corrected chi connectivity index (χ3v) is 4.26. The summed E-state index contributed by atoms with van der Waals surface area (Å²) in [6.07, 6.45) is 1.60. The van der Waals surface area contributed by atoms with E-state index in [0.29, 0.717) is 0 Å². The third kappa shape index (κ3) is 4.10. The lowest BCUT2D eigenvalue weighted by molar-refractivity contribution is -0.384. The number of nitrogens with one attached hydrogen (secondary N) is 1. The first-order valence-corrected chi connectivity index (χ1v) is 7.47. The molecule has 122 valence electrons. The van der Waals surface area contributed by atoms with Crippen LogP contribution in [0.15, 0.2) is 36.9 Å². The number of hydrogen-bond acceptors (Lipinski definition) is 5. The molecule has 1 atom stereocenters. The lowest BCUT2D eigenvalue weighted by Crippen LogP contribution is -2.44. The molecular formula is C12H10Cl3N5O3. The van der Waals surface area contributed by atoms with Crippen LogP contribution in [0, 0.1) is 10.1 Å². The highest BCUT2D eigenvalue weighted by Gasteiger charge is 2.37. The second-order valence-corrected chi connectivity index (χ2v) is 6.26. The van der Waals surface area contributed by atoms with E-state index >= 15 is 0 Å². The molecule has 1 N–H and O–H groups in total. The highest BCUT2D eigenvalue weighted by molar-refractivity contribution is 6.51. The number of rotatable bonds is 6. The van der Waals surface area contributed by atoms with Crippen molar-refractivity contribution in [3.8, 4) is 0 Å². The van der Waals surface area contributed by atoms with Crippen LogP contribution in [0.5, 0.6) is 0 Å². The van der Waals surface area contributed by atoms with Crippen LogP contribution in [0.1, 0.15) is 16.5 Å². The zero-order valence-corrected chi connectivity index (χ0v) is 13.7. The molecule has 0 radical (unpaired) electrons. The predicted molar refractivity (Wildman–Crippen MR) is 84.8 cm³/mol. The molecule has 0 fully saturated rings. The Morgan fingerprint density at radius 1 is 1.39 bits per heavy atom. The molecule has 11 heteroatoms. The number of nitro benzene ring substituents is 1. The summed E-state index contributed by atoms with van der Waals surface area (Å²) in [7, 11) is 0. The number of amides is 1. The minimum atomic E-state index is -1.54. The minimum Gasteiger partial charge on any atom is -0.328 e. The molecule has 1 heterocycles. The number of aromatic nitrogens is 3. The number of carbonyl (C=O) groups excluding carboxylic acids is 1. The molecule has 2 aromatic rings. The van der Waals surface area contributed by atoms with Crippen molar-refractivity contribution in [3.63, 3.8) is 0 Å². The van der Waals surface area contributed by atoms with E-state index in [1.165, 1.54) is 41.6 Å². The molecule has 1 amide bonds. The van der Waals surface area contributed by atoms with Gasteiger partial charge in [-0.2, -0.15) is 5.10 Å². The molecule has 23 heavy (non-hydrogen) atoms. The van der Waals surface area contributed by atoms with Crippen LogP contribution in [0.25, 0.3) is 0 Å². The Labute approximate surface area is 145 Å². The van der Waals surface area contributed by atoms with Crippen LogP contribution in [-0.2, 0) is 0 Å². The Morgan fingerprint density at radius 2 is 2.04 bits per heavy atom. The monoisotopic (exact) mass is 377 g/mol. The summed E-state index contributed by atoms with van der Waals surface area (Å²) < 4.78 is -0.280. The third-order valence-electron chi connectivity index (χ3n) is 2.89. The fourth-order valence-electron chi connectivity index (χ4n) is 1.73. The second kappa shape index (κ2) is 7.12. The summed E-state index contributed by atoms with van der Waals surface area (Å²) in [4.78, 5) is 26.1. The topological polar surface area (TPSA) is 103 Å². The maximum Gasteiger partial charge on any atom is 0.269 e. The van der Waals surface area contributed by atoms with E-state index in [2.05, 4.69) is 15.4 Å². The summed E-state index contributed by atoms with van der Waals surface area (Å²) in [5.41, 5.74) is 0.0681. The fraction of sp³-hybridized carbons (Fsp3) is 0.250. The van der Waals surface area contributed by atoms with Crippen molar-refractivity contribution in [1.82, 2.24) is 20.1 Å². The quantitative estimate of drug-likeness (QED) is 0.472. The van der Waals surface area contributed by atoms with Gasteiger partial charge in [0, 0.05) is 17.7 Å². The zero-order chi connectivity index (χ0) is 17.0. The van der Waals surface area contributed by atoms with Gasteiger partial charge in [-0.05, 0) is 12.1 Å². The van der Waals surface area contributed by atoms with E-state index in [1.54, 1.807) is 0 Å². The first kappa shape index (κ1) is 17.5. The van der Waals surface area contributed by atoms with Crippen LogP contribution in [0.3, 0.4) is 0 Å². The van der Waals surface area contributed by atoms with Crippen molar-refractivity contribution in [1.29, 1.82) is 0 Å². The molecule has 0 saturated carbocycles. The van der Waals surface area contributed by atoms with Crippen molar-refractivity contribution >= 4 is 46.4 Å². The molecule has 0 aliphatic carbocycles. The molecule has 0 aliphatic heterocycles. The summed E-state index contributed by atoms with van der Waals surface area (Å²) in [5.74, 6) is -0.725. The molecule has 8 nitrogen and oxygen atoms in total. The summed E-state index contributed by atoms with van der Waals surface area (Å²) >= 11 is 18.0. The van der Waals surface area contributed by atoms with Crippen LogP contribution in [0.4, 0.5) is 5.69 Å². The number of halogens is 3. The lowest BCUT2D eigenvalue weighted by Gasteiger charge is -2.28. The van der Waals surface area contributed by atoms with Gasteiger partial charge in [0.05, 0.1) is 10.8 Å². The van der Waals surface area contributed by atoms with Crippen molar-refractivity contribution < 1.29 is 9.72 Å². The van der Waals surface area contributed by atoms with Crippen molar-refractivity contribution in [3.05, 3.63) is 52.6 Å². The molecule has 1 aromatic carbocycles. The predicted octanol–water partition coefficient (Wildman–Crippen LogP) is 2.53.